The fraction of sp³-hybridized carbons (Fsp3) is 0.259. The van der Waals surface area contributed by atoms with Gasteiger partial charge in [0.15, 0.2) is 5.82 Å². The molecular weight excluding hydrogens is 462 g/mol. The van der Waals surface area contributed by atoms with E-state index in [-0.39, 0.29) is 18.4 Å². The van der Waals surface area contributed by atoms with E-state index in [4.69, 9.17) is 11.6 Å². The van der Waals surface area contributed by atoms with Gasteiger partial charge < -0.3 is 14.7 Å². The van der Waals surface area contributed by atoms with Crippen molar-refractivity contribution < 1.29 is 9.59 Å². The van der Waals surface area contributed by atoms with Gasteiger partial charge in [-0.15, -0.1) is 16.8 Å². The molecule has 8 heteroatoms. The Kier molecular flexibility index (Phi) is 7.77. The largest absolute Gasteiger partial charge is 0.352 e. The molecule has 7 nitrogen and oxygen atoms in total. The zero-order valence-electron chi connectivity index (χ0n) is 19.7. The highest BCUT2D eigenvalue weighted by Gasteiger charge is 2.26. The van der Waals surface area contributed by atoms with E-state index in [1.165, 1.54) is 0 Å². The van der Waals surface area contributed by atoms with Crippen molar-refractivity contribution in [2.45, 2.75) is 6.92 Å². The van der Waals surface area contributed by atoms with Crippen LogP contribution in [0.5, 0.6) is 0 Å². The zero-order chi connectivity index (χ0) is 24.8. The predicted octanol–water partition coefficient (Wildman–Crippen LogP) is 4.08. The van der Waals surface area contributed by atoms with E-state index in [1.807, 2.05) is 61.5 Å². The van der Waals surface area contributed by atoms with Crippen LogP contribution in [0.1, 0.15) is 15.9 Å². The van der Waals surface area contributed by atoms with Crippen molar-refractivity contribution in [3.8, 4) is 11.3 Å². The molecule has 2 aromatic carbocycles. The molecule has 1 saturated heterocycles. The van der Waals surface area contributed by atoms with E-state index in [1.54, 1.807) is 21.9 Å². The van der Waals surface area contributed by atoms with Gasteiger partial charge in [0.1, 0.15) is 6.54 Å². The molecule has 35 heavy (non-hydrogen) atoms. The summed E-state index contributed by atoms with van der Waals surface area (Å²) < 4.78 is 0. The number of aromatic nitrogens is 2. The molecule has 2 amide bonds. The Morgan fingerprint density at radius 2 is 1.71 bits per heavy atom. The topological polar surface area (TPSA) is 69.6 Å². The minimum Gasteiger partial charge on any atom is -0.352 e. The maximum absolute atomic E-state index is 13.0. The lowest BCUT2D eigenvalue weighted by molar-refractivity contribution is -0.132. The summed E-state index contributed by atoms with van der Waals surface area (Å²) in [6.45, 7) is 8.34. The minimum atomic E-state index is -0.163. The van der Waals surface area contributed by atoms with Gasteiger partial charge in [-0.3, -0.25) is 9.59 Å². The van der Waals surface area contributed by atoms with Crippen molar-refractivity contribution in [2.24, 2.45) is 0 Å². The molecule has 0 aliphatic carbocycles. The second-order valence-electron chi connectivity index (χ2n) is 8.41. The van der Waals surface area contributed by atoms with Crippen LogP contribution in [0.3, 0.4) is 0 Å². The van der Waals surface area contributed by atoms with Gasteiger partial charge in [0.25, 0.3) is 5.91 Å². The van der Waals surface area contributed by atoms with Gasteiger partial charge in [0, 0.05) is 43.9 Å². The molecular formula is C27H28ClN5O2. The monoisotopic (exact) mass is 489 g/mol. The number of carbonyl (C=O) groups is 2. The molecule has 1 aliphatic rings. The SMILES string of the molecule is C=CCN(CC(=O)N1CCN(c2ccc(-c3ccccc3Cl)nn2)CC1)C(=O)c1ccccc1C. The van der Waals surface area contributed by atoms with Crippen LogP contribution in [0.2, 0.25) is 5.02 Å². The number of benzene rings is 2. The number of rotatable bonds is 7. The van der Waals surface area contributed by atoms with E-state index in [9.17, 15) is 9.59 Å². The lowest BCUT2D eigenvalue weighted by Gasteiger charge is -2.36. The molecule has 0 atom stereocenters. The molecule has 0 unspecified atom stereocenters. The third kappa shape index (κ3) is 5.69. The maximum Gasteiger partial charge on any atom is 0.254 e. The molecule has 0 spiro atoms. The first kappa shape index (κ1) is 24.4. The first-order valence-electron chi connectivity index (χ1n) is 11.5. The average Bonchev–Trinajstić information content (AvgIpc) is 2.89. The van der Waals surface area contributed by atoms with Gasteiger partial charge >= 0.3 is 0 Å². The Hall–Kier alpha value is -3.71. The summed E-state index contributed by atoms with van der Waals surface area (Å²) in [6, 6.07) is 18.8. The predicted molar refractivity (Wildman–Crippen MR) is 139 cm³/mol. The molecule has 1 fully saturated rings. The highest BCUT2D eigenvalue weighted by atomic mass is 35.5. The zero-order valence-corrected chi connectivity index (χ0v) is 20.5. The molecule has 1 aromatic heterocycles. The summed E-state index contributed by atoms with van der Waals surface area (Å²) in [6.07, 6.45) is 1.65. The fourth-order valence-corrected chi connectivity index (χ4v) is 4.35. The Morgan fingerprint density at radius 3 is 2.37 bits per heavy atom. The van der Waals surface area contributed by atoms with Crippen molar-refractivity contribution in [3.63, 3.8) is 0 Å². The van der Waals surface area contributed by atoms with Crippen molar-refractivity contribution in [1.82, 2.24) is 20.0 Å². The quantitative estimate of drug-likeness (QED) is 0.468. The second-order valence-corrected chi connectivity index (χ2v) is 8.82. The number of amides is 2. The maximum atomic E-state index is 13.0. The van der Waals surface area contributed by atoms with Crippen LogP contribution in [0, 0.1) is 6.92 Å². The highest BCUT2D eigenvalue weighted by molar-refractivity contribution is 6.33. The smallest absolute Gasteiger partial charge is 0.254 e. The number of hydrogen-bond acceptors (Lipinski definition) is 5. The Balaban J connectivity index is 1.36. The van der Waals surface area contributed by atoms with Crippen molar-refractivity contribution in [2.75, 3.05) is 44.2 Å². The van der Waals surface area contributed by atoms with Crippen molar-refractivity contribution in [3.05, 3.63) is 89.5 Å². The van der Waals surface area contributed by atoms with E-state index >= 15 is 0 Å². The van der Waals surface area contributed by atoms with Gasteiger partial charge in [-0.1, -0.05) is 54.1 Å². The molecule has 2 heterocycles. The van der Waals surface area contributed by atoms with Crippen LogP contribution in [0.25, 0.3) is 11.3 Å². The van der Waals surface area contributed by atoms with Crippen LogP contribution in [0.4, 0.5) is 5.82 Å². The minimum absolute atomic E-state index is 0.0194. The Bertz CT molecular complexity index is 1210. The van der Waals surface area contributed by atoms with Gasteiger partial charge in [-0.2, -0.15) is 0 Å². The molecule has 0 saturated carbocycles. The number of anilines is 1. The summed E-state index contributed by atoms with van der Waals surface area (Å²) in [5, 5.41) is 9.35. The Morgan fingerprint density at radius 1 is 1.00 bits per heavy atom. The first-order valence-corrected chi connectivity index (χ1v) is 11.9. The van der Waals surface area contributed by atoms with E-state index in [2.05, 4.69) is 21.7 Å². The lowest BCUT2D eigenvalue weighted by atomic mass is 10.1. The number of carbonyl (C=O) groups excluding carboxylic acids is 2. The van der Waals surface area contributed by atoms with E-state index in [0.717, 1.165) is 16.9 Å². The summed E-state index contributed by atoms with van der Waals surface area (Å²) in [5.41, 5.74) is 3.04. The number of hydrogen-bond donors (Lipinski definition) is 0. The van der Waals surface area contributed by atoms with Gasteiger partial charge in [-0.05, 0) is 36.8 Å². The van der Waals surface area contributed by atoms with E-state index in [0.29, 0.717) is 49.0 Å². The van der Waals surface area contributed by atoms with Crippen LogP contribution >= 0.6 is 11.6 Å². The molecule has 0 bridgehead atoms. The van der Waals surface area contributed by atoms with Crippen LogP contribution in [-0.4, -0.2) is 71.1 Å². The van der Waals surface area contributed by atoms with Gasteiger partial charge in [-0.25, -0.2) is 0 Å². The number of aryl methyl sites for hydroxylation is 1. The van der Waals surface area contributed by atoms with Gasteiger partial charge in [0.2, 0.25) is 5.91 Å². The molecule has 4 rings (SSSR count). The standard InChI is InChI=1S/C27H28ClN5O2/c1-3-14-33(27(35)21-9-5-4-8-20(21)2)19-26(34)32-17-15-31(16-18-32)25-13-12-24(29-30-25)22-10-6-7-11-23(22)28/h3-13H,1,14-19H2,2H3. The normalized spacial score (nSPS) is 13.4. The van der Waals surface area contributed by atoms with Crippen LogP contribution in [-0.2, 0) is 4.79 Å². The Labute approximate surface area is 210 Å². The third-order valence-corrected chi connectivity index (χ3v) is 6.42. The molecule has 0 radical (unpaired) electrons. The van der Waals surface area contributed by atoms with Crippen LogP contribution < -0.4 is 4.90 Å². The third-order valence-electron chi connectivity index (χ3n) is 6.09. The number of halogens is 1. The molecule has 1 aliphatic heterocycles. The van der Waals surface area contributed by atoms with Crippen LogP contribution in [0.15, 0.2) is 73.3 Å². The molecule has 0 N–H and O–H groups in total. The second kappa shape index (κ2) is 11.1. The van der Waals surface area contributed by atoms with Crippen molar-refractivity contribution >= 4 is 29.2 Å². The number of nitrogens with zero attached hydrogens (tertiary/aromatic N) is 5. The lowest BCUT2D eigenvalue weighted by Crippen LogP contribution is -2.52. The van der Waals surface area contributed by atoms with Gasteiger partial charge in [0.05, 0.1) is 10.7 Å². The fourth-order valence-electron chi connectivity index (χ4n) is 4.11. The highest BCUT2D eigenvalue weighted by Crippen LogP contribution is 2.26. The van der Waals surface area contributed by atoms with E-state index < -0.39 is 0 Å². The number of piperazine rings is 1. The summed E-state index contributed by atoms with van der Waals surface area (Å²) >= 11 is 6.27. The molecule has 180 valence electrons. The first-order chi connectivity index (χ1) is 17.0. The summed E-state index contributed by atoms with van der Waals surface area (Å²) in [7, 11) is 0. The van der Waals surface area contributed by atoms with Crippen molar-refractivity contribution in [1.29, 1.82) is 0 Å². The molecule has 3 aromatic rings. The average molecular weight is 490 g/mol. The summed E-state index contributed by atoms with van der Waals surface area (Å²) in [5.74, 6) is 0.522. The summed E-state index contributed by atoms with van der Waals surface area (Å²) in [4.78, 5) is 31.5.